The molecule has 2 heterocycles. The van der Waals surface area contributed by atoms with Crippen molar-refractivity contribution in [1.82, 2.24) is 14.7 Å². The number of nitrogens with one attached hydrogen (secondary N) is 1. The zero-order chi connectivity index (χ0) is 24.1. The molecule has 8 heteroatoms. The highest BCUT2D eigenvalue weighted by Gasteiger charge is 2.26. The molecule has 0 saturated carbocycles. The first-order chi connectivity index (χ1) is 16.5. The van der Waals surface area contributed by atoms with E-state index in [1.165, 1.54) is 6.33 Å². The van der Waals surface area contributed by atoms with Crippen molar-refractivity contribution >= 4 is 22.7 Å². The first-order valence-corrected chi connectivity index (χ1v) is 11.0. The molecule has 0 saturated heterocycles. The summed E-state index contributed by atoms with van der Waals surface area (Å²) in [6.07, 6.45) is 1.37. The lowest BCUT2D eigenvalue weighted by Gasteiger charge is -2.19. The van der Waals surface area contributed by atoms with Gasteiger partial charge in [0.2, 0.25) is 0 Å². The van der Waals surface area contributed by atoms with Crippen LogP contribution in [0.2, 0.25) is 0 Å². The van der Waals surface area contributed by atoms with Crippen LogP contribution in [0.1, 0.15) is 39.7 Å². The second kappa shape index (κ2) is 10.2. The molecule has 1 N–H and O–H groups in total. The van der Waals surface area contributed by atoms with E-state index in [1.807, 2.05) is 61.5 Å². The van der Waals surface area contributed by atoms with Crippen molar-refractivity contribution in [3.63, 3.8) is 0 Å². The maximum absolute atomic E-state index is 13.6. The summed E-state index contributed by atoms with van der Waals surface area (Å²) in [7, 11) is 0. The molecule has 174 valence electrons. The van der Waals surface area contributed by atoms with Crippen LogP contribution in [-0.2, 0) is 17.9 Å². The first kappa shape index (κ1) is 23.0. The number of anilines is 1. The predicted octanol–water partition coefficient (Wildman–Crippen LogP) is 3.83. The molecular weight excluding hydrogens is 432 g/mol. The quantitative estimate of drug-likeness (QED) is 0.401. The van der Waals surface area contributed by atoms with Gasteiger partial charge in [0.05, 0.1) is 23.4 Å². The third kappa shape index (κ3) is 4.76. The van der Waals surface area contributed by atoms with E-state index >= 15 is 0 Å². The molecular formula is C26H26N4O4. The van der Waals surface area contributed by atoms with Gasteiger partial charge >= 0.3 is 11.5 Å². The Morgan fingerprint density at radius 3 is 2.53 bits per heavy atom. The minimum Gasteiger partial charge on any atom is -0.462 e. The van der Waals surface area contributed by atoms with Crippen molar-refractivity contribution in [2.45, 2.75) is 33.9 Å². The number of carbonyl (C=O) groups excluding carboxylic acids is 1. The number of nitrogens with zero attached hydrogens (tertiary/aromatic N) is 3. The molecule has 0 unspecified atom stereocenters. The lowest BCUT2D eigenvalue weighted by atomic mass is 10.1. The normalized spacial score (nSPS) is 10.8. The Labute approximate surface area is 197 Å². The van der Waals surface area contributed by atoms with Crippen molar-refractivity contribution in [3.05, 3.63) is 99.2 Å². The predicted molar refractivity (Wildman–Crippen MR) is 130 cm³/mol. The number of aryl methyl sites for hydroxylation is 2. The Bertz CT molecular complexity index is 1380. The van der Waals surface area contributed by atoms with Crippen molar-refractivity contribution in [2.24, 2.45) is 0 Å². The van der Waals surface area contributed by atoms with E-state index < -0.39 is 11.5 Å². The molecule has 4 aromatic rings. The van der Waals surface area contributed by atoms with Crippen molar-refractivity contribution < 1.29 is 14.4 Å². The monoisotopic (exact) mass is 458 g/mol. The van der Waals surface area contributed by atoms with Gasteiger partial charge in [0.25, 0.3) is 0 Å². The van der Waals surface area contributed by atoms with Gasteiger partial charge < -0.3 is 14.9 Å². The SMILES string of the molecule is CCOC(=O)c1c(NCc2cccc(C)c2)c2c(C)ncnc2n(OCc2ccccc2)c1=O. The van der Waals surface area contributed by atoms with E-state index in [-0.39, 0.29) is 24.4 Å². The lowest BCUT2D eigenvalue weighted by molar-refractivity contribution is 0.0513. The van der Waals surface area contributed by atoms with Crippen LogP contribution in [0.3, 0.4) is 0 Å². The number of esters is 1. The third-order valence-electron chi connectivity index (χ3n) is 5.34. The Hall–Kier alpha value is -4.20. The summed E-state index contributed by atoms with van der Waals surface area (Å²) < 4.78 is 6.30. The van der Waals surface area contributed by atoms with E-state index in [2.05, 4.69) is 15.3 Å². The topological polar surface area (TPSA) is 95.3 Å². The highest BCUT2D eigenvalue weighted by molar-refractivity contribution is 6.04. The van der Waals surface area contributed by atoms with Gasteiger partial charge in [-0.3, -0.25) is 4.79 Å². The summed E-state index contributed by atoms with van der Waals surface area (Å²) in [5.74, 6) is -0.735. The van der Waals surface area contributed by atoms with Crippen molar-refractivity contribution in [3.8, 4) is 0 Å². The van der Waals surface area contributed by atoms with Gasteiger partial charge in [-0.15, -0.1) is 4.73 Å². The molecule has 0 aliphatic heterocycles. The number of carbonyl (C=O) groups is 1. The molecule has 2 aromatic carbocycles. The molecule has 2 aromatic heterocycles. The van der Waals surface area contributed by atoms with Gasteiger partial charge in [-0.25, -0.2) is 14.8 Å². The molecule has 0 aliphatic carbocycles. The fraction of sp³-hybridized carbons (Fsp3) is 0.231. The van der Waals surface area contributed by atoms with Gasteiger partial charge in [-0.1, -0.05) is 60.2 Å². The Morgan fingerprint density at radius 2 is 1.79 bits per heavy atom. The Balaban J connectivity index is 1.86. The molecule has 34 heavy (non-hydrogen) atoms. The molecule has 4 rings (SSSR count). The van der Waals surface area contributed by atoms with E-state index in [0.717, 1.165) is 21.4 Å². The number of fused-ring (bicyclic) bond motifs is 1. The third-order valence-corrected chi connectivity index (χ3v) is 5.34. The number of aromatic nitrogens is 3. The first-order valence-electron chi connectivity index (χ1n) is 11.0. The highest BCUT2D eigenvalue weighted by atomic mass is 16.7. The van der Waals surface area contributed by atoms with Crippen molar-refractivity contribution in [1.29, 1.82) is 0 Å². The van der Waals surface area contributed by atoms with Crippen LogP contribution in [0.25, 0.3) is 11.0 Å². The van der Waals surface area contributed by atoms with Gasteiger partial charge in [0, 0.05) is 6.54 Å². The lowest BCUT2D eigenvalue weighted by Crippen LogP contribution is -2.34. The van der Waals surface area contributed by atoms with Gasteiger partial charge in [-0.05, 0) is 31.9 Å². The molecule has 0 fully saturated rings. The zero-order valence-electron chi connectivity index (χ0n) is 19.4. The molecule has 0 spiro atoms. The number of hydrogen-bond donors (Lipinski definition) is 1. The number of benzene rings is 2. The molecule has 0 atom stereocenters. The smallest absolute Gasteiger partial charge is 0.346 e. The molecule has 0 aliphatic rings. The van der Waals surface area contributed by atoms with Crippen molar-refractivity contribution in [2.75, 3.05) is 11.9 Å². The summed E-state index contributed by atoms with van der Waals surface area (Å²) in [4.78, 5) is 41.0. The highest BCUT2D eigenvalue weighted by Crippen LogP contribution is 2.27. The average molecular weight is 459 g/mol. The van der Waals surface area contributed by atoms with Crippen LogP contribution >= 0.6 is 0 Å². The number of hydrogen-bond acceptors (Lipinski definition) is 7. The largest absolute Gasteiger partial charge is 0.462 e. The maximum atomic E-state index is 13.6. The maximum Gasteiger partial charge on any atom is 0.346 e. The zero-order valence-corrected chi connectivity index (χ0v) is 19.4. The van der Waals surface area contributed by atoms with Crippen LogP contribution in [-0.4, -0.2) is 27.3 Å². The van der Waals surface area contributed by atoms with E-state index in [0.29, 0.717) is 23.3 Å². The number of rotatable bonds is 8. The molecule has 8 nitrogen and oxygen atoms in total. The standard InChI is InChI=1S/C26H26N4O4/c1-4-33-26(32)22-23(27-14-20-12-8-9-17(2)13-20)21-18(3)28-16-29-24(21)30(25(22)31)34-15-19-10-6-5-7-11-19/h5-13,16,27H,4,14-15H2,1-3H3. The van der Waals surface area contributed by atoms with E-state index in [4.69, 9.17) is 9.57 Å². The minimum atomic E-state index is -0.735. The second-order valence-corrected chi connectivity index (χ2v) is 7.83. The summed E-state index contributed by atoms with van der Waals surface area (Å²) in [5.41, 5.74) is 3.39. The van der Waals surface area contributed by atoms with Crippen LogP contribution < -0.4 is 15.7 Å². The molecule has 0 bridgehead atoms. The fourth-order valence-corrected chi connectivity index (χ4v) is 3.75. The number of pyridine rings is 1. The van der Waals surface area contributed by atoms with E-state index in [9.17, 15) is 9.59 Å². The summed E-state index contributed by atoms with van der Waals surface area (Å²) >= 11 is 0. The molecule has 0 radical (unpaired) electrons. The minimum absolute atomic E-state index is 0.122. The Kier molecular flexibility index (Phi) is 6.87. The van der Waals surface area contributed by atoms with Gasteiger partial charge in [-0.2, -0.15) is 0 Å². The summed E-state index contributed by atoms with van der Waals surface area (Å²) in [5, 5.41) is 3.79. The van der Waals surface area contributed by atoms with Crippen LogP contribution in [0, 0.1) is 13.8 Å². The van der Waals surface area contributed by atoms with Crippen LogP contribution in [0.5, 0.6) is 0 Å². The van der Waals surface area contributed by atoms with Gasteiger partial charge in [0.1, 0.15) is 12.9 Å². The van der Waals surface area contributed by atoms with E-state index in [1.54, 1.807) is 13.8 Å². The second-order valence-electron chi connectivity index (χ2n) is 7.83. The summed E-state index contributed by atoms with van der Waals surface area (Å²) in [6.45, 7) is 6.14. The Morgan fingerprint density at radius 1 is 1.03 bits per heavy atom. The average Bonchev–Trinajstić information content (AvgIpc) is 2.83. The molecule has 0 amide bonds. The number of ether oxygens (including phenoxy) is 1. The summed E-state index contributed by atoms with van der Waals surface area (Å²) in [6, 6.07) is 17.4. The fourth-order valence-electron chi connectivity index (χ4n) is 3.75. The van der Waals surface area contributed by atoms with Crippen LogP contribution in [0.15, 0.2) is 65.7 Å². The van der Waals surface area contributed by atoms with Gasteiger partial charge in [0.15, 0.2) is 11.2 Å². The van der Waals surface area contributed by atoms with Crippen LogP contribution in [0.4, 0.5) is 5.69 Å².